The smallest absolute Gasteiger partial charge is 0.125 e. The van der Waals surface area contributed by atoms with Gasteiger partial charge in [-0.25, -0.2) is 9.37 Å². The highest BCUT2D eigenvalue weighted by Crippen LogP contribution is 2.33. The first-order valence-electron chi connectivity index (χ1n) is 6.06. The van der Waals surface area contributed by atoms with E-state index in [0.29, 0.717) is 5.52 Å². The minimum Gasteiger partial charge on any atom is -0.331 e. The molecule has 0 saturated carbocycles. The molecule has 0 bridgehead atoms. The molecule has 1 aromatic carbocycles. The highest BCUT2D eigenvalue weighted by atomic mass is 19.1. The van der Waals surface area contributed by atoms with Gasteiger partial charge in [0, 0.05) is 24.1 Å². The van der Waals surface area contributed by atoms with E-state index in [-0.39, 0.29) is 11.2 Å². The van der Waals surface area contributed by atoms with E-state index in [9.17, 15) is 4.39 Å². The van der Waals surface area contributed by atoms with E-state index in [2.05, 4.69) is 18.8 Å². The SMILES string of the molecule is Cn1c(C(C)(C)C(C)(C)N)nc2cc(F)ccc21. The van der Waals surface area contributed by atoms with Gasteiger partial charge in [-0.05, 0) is 26.0 Å². The Balaban J connectivity index is 2.70. The molecule has 1 aromatic heterocycles. The van der Waals surface area contributed by atoms with E-state index >= 15 is 0 Å². The number of hydrogen-bond donors (Lipinski definition) is 1. The van der Waals surface area contributed by atoms with Crippen molar-refractivity contribution in [2.45, 2.75) is 38.6 Å². The van der Waals surface area contributed by atoms with Crippen molar-refractivity contribution >= 4 is 11.0 Å². The molecule has 98 valence electrons. The molecule has 0 fully saturated rings. The van der Waals surface area contributed by atoms with Crippen LogP contribution in [0.2, 0.25) is 0 Å². The van der Waals surface area contributed by atoms with Crippen molar-refractivity contribution < 1.29 is 4.39 Å². The first-order valence-corrected chi connectivity index (χ1v) is 6.06. The summed E-state index contributed by atoms with van der Waals surface area (Å²) in [5.41, 5.74) is 7.11. The third-order valence-electron chi connectivity index (χ3n) is 4.01. The maximum atomic E-state index is 13.2. The van der Waals surface area contributed by atoms with Crippen LogP contribution in [0.4, 0.5) is 4.39 Å². The van der Waals surface area contributed by atoms with Crippen LogP contribution < -0.4 is 5.73 Å². The predicted molar refractivity (Wildman–Crippen MR) is 72.0 cm³/mol. The lowest BCUT2D eigenvalue weighted by Gasteiger charge is -2.37. The molecular formula is C14H20FN3. The average molecular weight is 249 g/mol. The minimum atomic E-state index is -0.416. The lowest BCUT2D eigenvalue weighted by molar-refractivity contribution is 0.286. The number of halogens is 1. The molecule has 2 rings (SSSR count). The van der Waals surface area contributed by atoms with Crippen LogP contribution in [0.1, 0.15) is 33.5 Å². The first kappa shape index (κ1) is 13.0. The predicted octanol–water partition coefficient (Wildman–Crippen LogP) is 2.73. The van der Waals surface area contributed by atoms with E-state index in [1.54, 1.807) is 6.07 Å². The molecule has 0 aliphatic heterocycles. The van der Waals surface area contributed by atoms with E-state index in [1.165, 1.54) is 12.1 Å². The van der Waals surface area contributed by atoms with Crippen LogP contribution in [0.3, 0.4) is 0 Å². The maximum Gasteiger partial charge on any atom is 0.125 e. The number of nitrogens with two attached hydrogens (primary N) is 1. The van der Waals surface area contributed by atoms with Crippen molar-refractivity contribution in [3.05, 3.63) is 29.8 Å². The minimum absolute atomic E-state index is 0.267. The first-order chi connectivity index (χ1) is 8.14. The topological polar surface area (TPSA) is 43.8 Å². The Kier molecular flexibility index (Phi) is 2.74. The summed E-state index contributed by atoms with van der Waals surface area (Å²) in [4.78, 5) is 4.55. The molecule has 18 heavy (non-hydrogen) atoms. The highest BCUT2D eigenvalue weighted by molar-refractivity contribution is 5.76. The summed E-state index contributed by atoms with van der Waals surface area (Å²) in [5, 5.41) is 0. The second kappa shape index (κ2) is 3.79. The number of aryl methyl sites for hydroxylation is 1. The Morgan fingerprint density at radius 2 is 1.83 bits per heavy atom. The zero-order chi connectivity index (χ0) is 13.7. The molecule has 0 atom stereocenters. The third-order valence-corrected chi connectivity index (χ3v) is 4.01. The fourth-order valence-corrected chi connectivity index (χ4v) is 2.02. The zero-order valence-electron chi connectivity index (χ0n) is 11.6. The second-order valence-electron chi connectivity index (χ2n) is 5.97. The van der Waals surface area contributed by atoms with Gasteiger partial charge in [0.1, 0.15) is 11.6 Å². The van der Waals surface area contributed by atoms with Gasteiger partial charge in [-0.2, -0.15) is 0 Å². The van der Waals surface area contributed by atoms with E-state index < -0.39 is 5.54 Å². The molecule has 0 aliphatic rings. The molecule has 2 N–H and O–H groups in total. The van der Waals surface area contributed by atoms with Crippen molar-refractivity contribution in [3.8, 4) is 0 Å². The number of benzene rings is 1. The van der Waals surface area contributed by atoms with Crippen molar-refractivity contribution in [1.82, 2.24) is 9.55 Å². The summed E-state index contributed by atoms with van der Waals surface area (Å²) >= 11 is 0. The molecular weight excluding hydrogens is 229 g/mol. The summed E-state index contributed by atoms with van der Waals surface area (Å²) in [6.45, 7) is 8.08. The van der Waals surface area contributed by atoms with E-state index in [1.807, 2.05) is 25.5 Å². The molecule has 0 saturated heterocycles. The maximum absolute atomic E-state index is 13.2. The number of rotatable bonds is 2. The number of hydrogen-bond acceptors (Lipinski definition) is 2. The Hall–Kier alpha value is -1.42. The summed E-state index contributed by atoms with van der Waals surface area (Å²) in [6, 6.07) is 4.66. The monoisotopic (exact) mass is 249 g/mol. The number of fused-ring (bicyclic) bond motifs is 1. The van der Waals surface area contributed by atoms with Gasteiger partial charge >= 0.3 is 0 Å². The van der Waals surface area contributed by atoms with Crippen LogP contribution in [0.5, 0.6) is 0 Å². The molecule has 3 nitrogen and oxygen atoms in total. The van der Waals surface area contributed by atoms with Crippen LogP contribution in [0.15, 0.2) is 18.2 Å². The van der Waals surface area contributed by atoms with Crippen molar-refractivity contribution in [1.29, 1.82) is 0 Å². The van der Waals surface area contributed by atoms with Gasteiger partial charge in [0.15, 0.2) is 0 Å². The lowest BCUT2D eigenvalue weighted by atomic mass is 9.74. The van der Waals surface area contributed by atoms with Crippen molar-refractivity contribution in [3.63, 3.8) is 0 Å². The van der Waals surface area contributed by atoms with Crippen LogP contribution in [-0.2, 0) is 12.5 Å². The summed E-state index contributed by atoms with van der Waals surface area (Å²) in [6.07, 6.45) is 0. The fraction of sp³-hybridized carbons (Fsp3) is 0.500. The number of imidazole rings is 1. The van der Waals surface area contributed by atoms with Gasteiger partial charge in [0.25, 0.3) is 0 Å². The van der Waals surface area contributed by atoms with Crippen LogP contribution in [0.25, 0.3) is 11.0 Å². The van der Waals surface area contributed by atoms with Crippen molar-refractivity contribution in [2.75, 3.05) is 0 Å². The quantitative estimate of drug-likeness (QED) is 0.889. The third kappa shape index (κ3) is 1.81. The summed E-state index contributed by atoms with van der Waals surface area (Å²) in [5.74, 6) is 0.604. The molecule has 0 unspecified atom stereocenters. The zero-order valence-corrected chi connectivity index (χ0v) is 11.6. The normalized spacial score (nSPS) is 13.3. The van der Waals surface area contributed by atoms with Gasteiger partial charge in [-0.3, -0.25) is 0 Å². The Morgan fingerprint density at radius 1 is 1.22 bits per heavy atom. The number of aromatic nitrogens is 2. The van der Waals surface area contributed by atoms with Gasteiger partial charge in [-0.1, -0.05) is 13.8 Å². The van der Waals surface area contributed by atoms with Gasteiger partial charge in [0.05, 0.1) is 11.0 Å². The lowest BCUT2D eigenvalue weighted by Crippen LogP contribution is -2.51. The molecule has 1 heterocycles. The average Bonchev–Trinajstić information content (AvgIpc) is 2.54. The Morgan fingerprint density at radius 3 is 2.39 bits per heavy atom. The molecule has 0 aliphatic carbocycles. The molecule has 4 heteroatoms. The number of nitrogens with zero attached hydrogens (tertiary/aromatic N) is 2. The molecule has 0 radical (unpaired) electrons. The second-order valence-corrected chi connectivity index (χ2v) is 5.97. The van der Waals surface area contributed by atoms with Gasteiger partial charge in [0.2, 0.25) is 0 Å². The molecule has 2 aromatic rings. The standard InChI is InChI=1S/C14H20FN3/c1-13(2,14(3,4)16)12-17-10-8-9(15)6-7-11(10)18(12)5/h6-8H,16H2,1-5H3. The Bertz CT molecular complexity index is 591. The molecule has 0 amide bonds. The highest BCUT2D eigenvalue weighted by Gasteiger charge is 2.38. The van der Waals surface area contributed by atoms with Crippen molar-refractivity contribution in [2.24, 2.45) is 12.8 Å². The van der Waals surface area contributed by atoms with Crippen LogP contribution in [-0.4, -0.2) is 15.1 Å². The van der Waals surface area contributed by atoms with E-state index in [0.717, 1.165) is 11.3 Å². The van der Waals surface area contributed by atoms with Crippen LogP contribution >= 0.6 is 0 Å². The molecule has 0 spiro atoms. The van der Waals surface area contributed by atoms with Crippen LogP contribution in [0, 0.1) is 5.82 Å². The fourth-order valence-electron chi connectivity index (χ4n) is 2.02. The van der Waals surface area contributed by atoms with E-state index in [4.69, 9.17) is 5.73 Å². The largest absolute Gasteiger partial charge is 0.331 e. The van der Waals surface area contributed by atoms with Gasteiger partial charge in [-0.15, -0.1) is 0 Å². The van der Waals surface area contributed by atoms with Gasteiger partial charge < -0.3 is 10.3 Å². The summed E-state index contributed by atoms with van der Waals surface area (Å²) in [7, 11) is 1.94. The Labute approximate surface area is 107 Å². The summed E-state index contributed by atoms with van der Waals surface area (Å²) < 4.78 is 15.2.